The summed E-state index contributed by atoms with van der Waals surface area (Å²) >= 11 is 6.32. The molecule has 6 heteroatoms. The van der Waals surface area contributed by atoms with Crippen molar-refractivity contribution >= 4 is 17.5 Å². The van der Waals surface area contributed by atoms with Crippen LogP contribution >= 0.6 is 11.6 Å². The van der Waals surface area contributed by atoms with Gasteiger partial charge in [0.1, 0.15) is 5.75 Å². The predicted molar refractivity (Wildman–Crippen MR) is 106 cm³/mol. The highest BCUT2D eigenvalue weighted by molar-refractivity contribution is 6.32. The van der Waals surface area contributed by atoms with Crippen molar-refractivity contribution < 1.29 is 9.53 Å². The molecule has 1 heterocycles. The van der Waals surface area contributed by atoms with E-state index in [1.165, 1.54) is 11.8 Å². The monoisotopic (exact) mass is 381 g/mol. The number of carbonyl (C=O) groups excluding carboxylic acids is 1. The number of pyridine rings is 1. The number of primary amides is 1. The van der Waals surface area contributed by atoms with Gasteiger partial charge in [0.2, 0.25) is 11.8 Å². The Kier molecular flexibility index (Phi) is 6.41. The maximum Gasteiger partial charge on any atom is 0.250 e. The summed E-state index contributed by atoms with van der Waals surface area (Å²) in [5.74, 6) is 0.316. The zero-order chi connectivity index (χ0) is 19.1. The van der Waals surface area contributed by atoms with Crippen molar-refractivity contribution in [3.8, 4) is 11.6 Å². The summed E-state index contributed by atoms with van der Waals surface area (Å²) < 4.78 is 5.67. The smallest absolute Gasteiger partial charge is 0.250 e. The highest BCUT2D eigenvalue weighted by Crippen LogP contribution is 2.29. The van der Waals surface area contributed by atoms with Gasteiger partial charge in [-0.3, -0.25) is 4.79 Å². The van der Waals surface area contributed by atoms with E-state index in [1.807, 2.05) is 30.3 Å². The first-order chi connectivity index (χ1) is 13.1. The first-order valence-electron chi connectivity index (χ1n) is 8.58. The number of ether oxygens (including phenoxy) is 1. The molecule has 2 aromatic carbocycles. The normalized spacial score (nSPS) is 10.6. The quantitative estimate of drug-likeness (QED) is 0.579. The molecule has 27 heavy (non-hydrogen) atoms. The molecule has 0 saturated carbocycles. The number of aromatic nitrogens is 1. The lowest BCUT2D eigenvalue weighted by molar-refractivity contribution is 0.1000. The minimum Gasteiger partial charge on any atom is -0.437 e. The number of nitrogens with zero attached hydrogens (tertiary/aromatic N) is 1. The highest BCUT2D eigenvalue weighted by atomic mass is 35.5. The SMILES string of the molecule is NC(=O)c1ccc(Oc2ccc(CNCCc3ccccc3)cc2Cl)nc1. The van der Waals surface area contributed by atoms with Crippen LogP contribution in [0.25, 0.3) is 0 Å². The Bertz CT molecular complexity index is 899. The highest BCUT2D eigenvalue weighted by Gasteiger charge is 2.07. The van der Waals surface area contributed by atoms with Crippen molar-refractivity contribution in [2.75, 3.05) is 6.54 Å². The van der Waals surface area contributed by atoms with Crippen LogP contribution in [0.2, 0.25) is 5.02 Å². The van der Waals surface area contributed by atoms with E-state index in [2.05, 4.69) is 22.4 Å². The van der Waals surface area contributed by atoms with Crippen molar-refractivity contribution in [1.29, 1.82) is 0 Å². The molecular weight excluding hydrogens is 362 g/mol. The third-order valence-corrected chi connectivity index (χ3v) is 4.29. The van der Waals surface area contributed by atoms with Crippen LogP contribution in [0.3, 0.4) is 0 Å². The fourth-order valence-corrected chi connectivity index (χ4v) is 2.79. The van der Waals surface area contributed by atoms with Crippen molar-refractivity contribution in [3.63, 3.8) is 0 Å². The number of hydrogen-bond donors (Lipinski definition) is 2. The molecule has 0 aliphatic carbocycles. The summed E-state index contributed by atoms with van der Waals surface area (Å²) in [6.45, 7) is 1.61. The molecule has 0 fully saturated rings. The molecule has 138 valence electrons. The molecule has 5 nitrogen and oxygen atoms in total. The molecule has 0 aliphatic rings. The Morgan fingerprint density at radius 3 is 2.56 bits per heavy atom. The van der Waals surface area contributed by atoms with E-state index in [0.717, 1.165) is 25.1 Å². The topological polar surface area (TPSA) is 77.2 Å². The average Bonchev–Trinajstić information content (AvgIpc) is 2.68. The van der Waals surface area contributed by atoms with Crippen molar-refractivity contribution in [3.05, 3.63) is 88.6 Å². The van der Waals surface area contributed by atoms with E-state index in [4.69, 9.17) is 22.1 Å². The molecular formula is C21H20ClN3O2. The molecule has 0 bridgehead atoms. The van der Waals surface area contributed by atoms with Gasteiger partial charge in [0.25, 0.3) is 0 Å². The minimum atomic E-state index is -0.531. The Morgan fingerprint density at radius 2 is 1.89 bits per heavy atom. The van der Waals surface area contributed by atoms with Crippen LogP contribution in [0.4, 0.5) is 0 Å². The van der Waals surface area contributed by atoms with E-state index in [0.29, 0.717) is 22.2 Å². The third kappa shape index (κ3) is 5.54. The van der Waals surface area contributed by atoms with E-state index < -0.39 is 5.91 Å². The van der Waals surface area contributed by atoms with Crippen LogP contribution in [-0.2, 0) is 13.0 Å². The molecule has 3 N–H and O–H groups in total. The number of amides is 1. The average molecular weight is 382 g/mol. The summed E-state index contributed by atoms with van der Waals surface area (Å²) in [6.07, 6.45) is 2.35. The predicted octanol–water partition coefficient (Wildman–Crippen LogP) is 3.96. The second-order valence-electron chi connectivity index (χ2n) is 6.03. The molecule has 0 unspecified atom stereocenters. The van der Waals surface area contributed by atoms with Crippen molar-refractivity contribution in [2.45, 2.75) is 13.0 Å². The van der Waals surface area contributed by atoms with Crippen LogP contribution in [0, 0.1) is 0 Å². The van der Waals surface area contributed by atoms with Gasteiger partial charge in [0.15, 0.2) is 0 Å². The van der Waals surface area contributed by atoms with E-state index in [1.54, 1.807) is 18.2 Å². The summed E-state index contributed by atoms with van der Waals surface area (Å²) in [5.41, 5.74) is 7.89. The third-order valence-electron chi connectivity index (χ3n) is 3.99. The zero-order valence-corrected chi connectivity index (χ0v) is 15.4. The molecule has 3 rings (SSSR count). The standard InChI is InChI=1S/C21H20ClN3O2/c22-18-12-16(13-24-11-10-15-4-2-1-3-5-15)6-8-19(18)27-20-9-7-17(14-25-20)21(23)26/h1-9,12,14,24H,10-11,13H2,(H2,23,26). The summed E-state index contributed by atoms with van der Waals surface area (Å²) in [6, 6.07) is 19.1. The van der Waals surface area contributed by atoms with Gasteiger partial charge in [-0.05, 0) is 42.3 Å². The van der Waals surface area contributed by atoms with Gasteiger partial charge < -0.3 is 15.8 Å². The van der Waals surface area contributed by atoms with Gasteiger partial charge in [-0.15, -0.1) is 0 Å². The second kappa shape index (κ2) is 9.16. The van der Waals surface area contributed by atoms with Gasteiger partial charge in [0.05, 0.1) is 10.6 Å². The molecule has 0 spiro atoms. The van der Waals surface area contributed by atoms with E-state index in [-0.39, 0.29) is 0 Å². The van der Waals surface area contributed by atoms with Gasteiger partial charge in [-0.2, -0.15) is 0 Å². The number of rotatable bonds is 8. The molecule has 0 radical (unpaired) electrons. The minimum absolute atomic E-state index is 0.324. The fourth-order valence-electron chi connectivity index (χ4n) is 2.55. The van der Waals surface area contributed by atoms with Crippen LogP contribution in [-0.4, -0.2) is 17.4 Å². The maximum absolute atomic E-state index is 11.1. The molecule has 0 saturated heterocycles. The summed E-state index contributed by atoms with van der Waals surface area (Å²) in [4.78, 5) is 15.1. The van der Waals surface area contributed by atoms with Gasteiger partial charge in [-0.1, -0.05) is 48.0 Å². The lowest BCUT2D eigenvalue weighted by atomic mass is 10.1. The Morgan fingerprint density at radius 1 is 1.07 bits per heavy atom. The number of nitrogens with one attached hydrogen (secondary N) is 1. The van der Waals surface area contributed by atoms with Crippen LogP contribution in [0.15, 0.2) is 66.9 Å². The largest absolute Gasteiger partial charge is 0.437 e. The van der Waals surface area contributed by atoms with Crippen LogP contribution in [0.5, 0.6) is 11.6 Å². The fraction of sp³-hybridized carbons (Fsp3) is 0.143. The number of halogens is 1. The molecule has 1 aromatic heterocycles. The van der Waals surface area contributed by atoms with Gasteiger partial charge in [-0.25, -0.2) is 4.98 Å². The molecule has 0 atom stereocenters. The second-order valence-corrected chi connectivity index (χ2v) is 6.44. The number of nitrogens with two attached hydrogens (primary N) is 1. The summed E-state index contributed by atoms with van der Waals surface area (Å²) in [5, 5.41) is 3.91. The Hall–Kier alpha value is -2.89. The van der Waals surface area contributed by atoms with Crippen LogP contribution < -0.4 is 15.8 Å². The van der Waals surface area contributed by atoms with Gasteiger partial charge in [0, 0.05) is 18.8 Å². The Labute approximate surface area is 163 Å². The van der Waals surface area contributed by atoms with Crippen molar-refractivity contribution in [2.24, 2.45) is 5.73 Å². The van der Waals surface area contributed by atoms with Gasteiger partial charge >= 0.3 is 0 Å². The van der Waals surface area contributed by atoms with Crippen LogP contribution in [0.1, 0.15) is 21.5 Å². The zero-order valence-electron chi connectivity index (χ0n) is 14.7. The molecule has 3 aromatic rings. The first-order valence-corrected chi connectivity index (χ1v) is 8.96. The summed E-state index contributed by atoms with van der Waals surface area (Å²) in [7, 11) is 0. The van der Waals surface area contributed by atoms with E-state index in [9.17, 15) is 4.79 Å². The number of benzene rings is 2. The number of hydrogen-bond acceptors (Lipinski definition) is 4. The molecule has 0 aliphatic heterocycles. The lowest BCUT2D eigenvalue weighted by Crippen LogP contribution is -2.16. The first kappa shape index (κ1) is 18.9. The lowest BCUT2D eigenvalue weighted by Gasteiger charge is -2.10. The van der Waals surface area contributed by atoms with E-state index >= 15 is 0 Å². The number of carbonyl (C=O) groups is 1. The maximum atomic E-state index is 11.1. The van der Waals surface area contributed by atoms with Crippen molar-refractivity contribution in [1.82, 2.24) is 10.3 Å². The Balaban J connectivity index is 1.53. The molecule has 1 amide bonds.